The van der Waals surface area contributed by atoms with E-state index < -0.39 is 17.4 Å². The third-order valence-corrected chi connectivity index (χ3v) is 4.28. The fourth-order valence-corrected chi connectivity index (χ4v) is 2.42. The van der Waals surface area contributed by atoms with Gasteiger partial charge in [0.15, 0.2) is 0 Å². The molecule has 0 aromatic rings. The Labute approximate surface area is 119 Å². The molecule has 0 aromatic heterocycles. The molecule has 1 saturated carbocycles. The van der Waals surface area contributed by atoms with Crippen LogP contribution in [0.15, 0.2) is 0 Å². The molecular formula is C14H24N2O4. The van der Waals surface area contributed by atoms with E-state index >= 15 is 0 Å². The van der Waals surface area contributed by atoms with Crippen LogP contribution in [0.5, 0.6) is 0 Å². The first kappa shape index (κ1) is 15.1. The van der Waals surface area contributed by atoms with E-state index in [1.807, 2.05) is 13.8 Å². The molecule has 2 fully saturated rings. The van der Waals surface area contributed by atoms with E-state index in [2.05, 4.69) is 5.32 Å². The van der Waals surface area contributed by atoms with Crippen LogP contribution >= 0.6 is 0 Å². The zero-order valence-corrected chi connectivity index (χ0v) is 12.4. The Morgan fingerprint density at radius 2 is 2.10 bits per heavy atom. The second-order valence-corrected chi connectivity index (χ2v) is 6.43. The third kappa shape index (κ3) is 3.06. The monoisotopic (exact) mass is 284 g/mol. The molecule has 2 unspecified atom stereocenters. The van der Waals surface area contributed by atoms with Gasteiger partial charge in [0, 0.05) is 12.6 Å². The minimum Gasteiger partial charge on any atom is -0.481 e. The lowest BCUT2D eigenvalue weighted by atomic mass is 9.85. The summed E-state index contributed by atoms with van der Waals surface area (Å²) in [6, 6.07) is -0.558. The number of nitrogens with one attached hydrogen (secondary N) is 1. The number of hydrogen-bond donors (Lipinski definition) is 2. The molecule has 2 rings (SSSR count). The number of aliphatic carboxylic acids is 1. The number of carbonyl (C=O) groups excluding carboxylic acids is 1. The molecule has 1 aliphatic carbocycles. The van der Waals surface area contributed by atoms with Crippen LogP contribution in [0.25, 0.3) is 0 Å². The van der Waals surface area contributed by atoms with Crippen molar-refractivity contribution in [3.8, 4) is 0 Å². The van der Waals surface area contributed by atoms with Gasteiger partial charge in [0.1, 0.15) is 5.41 Å². The molecule has 2 N–H and O–H groups in total. The molecule has 1 heterocycles. The van der Waals surface area contributed by atoms with Crippen molar-refractivity contribution in [2.75, 3.05) is 19.8 Å². The maximum atomic E-state index is 12.4. The molecule has 1 aliphatic heterocycles. The molecule has 6 heteroatoms. The number of nitrogens with zero attached hydrogens (tertiary/aromatic N) is 1. The molecule has 2 aliphatic rings. The average molecular weight is 284 g/mol. The fourth-order valence-electron chi connectivity index (χ4n) is 2.42. The lowest BCUT2D eigenvalue weighted by Crippen LogP contribution is -2.54. The van der Waals surface area contributed by atoms with Crippen LogP contribution in [-0.4, -0.2) is 53.8 Å². The van der Waals surface area contributed by atoms with Gasteiger partial charge in [-0.3, -0.25) is 4.79 Å². The first-order chi connectivity index (χ1) is 9.34. The normalized spacial score (nSPS) is 29.5. The summed E-state index contributed by atoms with van der Waals surface area (Å²) >= 11 is 0. The van der Waals surface area contributed by atoms with Gasteiger partial charge in [0.2, 0.25) is 0 Å². The molecule has 2 amide bonds. The van der Waals surface area contributed by atoms with Gasteiger partial charge < -0.3 is 20.1 Å². The van der Waals surface area contributed by atoms with Gasteiger partial charge in [-0.15, -0.1) is 0 Å². The van der Waals surface area contributed by atoms with Crippen LogP contribution in [0, 0.1) is 11.3 Å². The SMILES string of the molecule is CC(C)N(CC1CC1)C(=O)NC1COCC1(C)C(=O)O. The zero-order chi connectivity index (χ0) is 14.9. The summed E-state index contributed by atoms with van der Waals surface area (Å²) in [4.78, 5) is 25.5. The van der Waals surface area contributed by atoms with Crippen LogP contribution in [0.1, 0.15) is 33.6 Å². The molecule has 0 radical (unpaired) electrons. The smallest absolute Gasteiger partial charge is 0.317 e. The molecule has 0 spiro atoms. The van der Waals surface area contributed by atoms with Crippen molar-refractivity contribution in [1.82, 2.24) is 10.2 Å². The van der Waals surface area contributed by atoms with E-state index in [1.54, 1.807) is 11.8 Å². The van der Waals surface area contributed by atoms with Gasteiger partial charge in [0.25, 0.3) is 0 Å². The van der Waals surface area contributed by atoms with Crippen molar-refractivity contribution < 1.29 is 19.4 Å². The molecule has 114 valence electrons. The maximum absolute atomic E-state index is 12.4. The van der Waals surface area contributed by atoms with Gasteiger partial charge in [-0.05, 0) is 39.5 Å². The Kier molecular flexibility index (Phi) is 4.22. The van der Waals surface area contributed by atoms with Crippen LogP contribution in [0.3, 0.4) is 0 Å². The predicted molar refractivity (Wildman–Crippen MR) is 73.4 cm³/mol. The lowest BCUT2D eigenvalue weighted by Gasteiger charge is -2.31. The Hall–Kier alpha value is -1.30. The van der Waals surface area contributed by atoms with Gasteiger partial charge in [-0.2, -0.15) is 0 Å². The lowest BCUT2D eigenvalue weighted by molar-refractivity contribution is -0.148. The van der Waals surface area contributed by atoms with E-state index in [0.29, 0.717) is 5.92 Å². The highest BCUT2D eigenvalue weighted by atomic mass is 16.5. The largest absolute Gasteiger partial charge is 0.481 e. The number of hydrogen-bond acceptors (Lipinski definition) is 3. The van der Waals surface area contributed by atoms with E-state index in [0.717, 1.165) is 6.54 Å². The number of urea groups is 1. The standard InChI is InChI=1S/C14H24N2O4/c1-9(2)16(6-10-4-5-10)13(19)15-11-7-20-8-14(11,3)12(17)18/h9-11H,4-8H2,1-3H3,(H,15,19)(H,17,18). The van der Waals surface area contributed by atoms with Crippen LogP contribution < -0.4 is 5.32 Å². The van der Waals surface area contributed by atoms with Gasteiger partial charge in [0.05, 0.1) is 19.3 Å². The number of carbonyl (C=O) groups is 2. The van der Waals surface area contributed by atoms with Crippen molar-refractivity contribution in [3.05, 3.63) is 0 Å². The average Bonchev–Trinajstić information content (AvgIpc) is 3.11. The topological polar surface area (TPSA) is 78.9 Å². The van der Waals surface area contributed by atoms with Gasteiger partial charge in [-0.25, -0.2) is 4.79 Å². The van der Waals surface area contributed by atoms with Crippen molar-refractivity contribution in [3.63, 3.8) is 0 Å². The highest BCUT2D eigenvalue weighted by Crippen LogP contribution is 2.31. The summed E-state index contributed by atoms with van der Waals surface area (Å²) in [7, 11) is 0. The quantitative estimate of drug-likeness (QED) is 0.797. The van der Waals surface area contributed by atoms with E-state index in [4.69, 9.17) is 4.74 Å². The number of rotatable bonds is 5. The fraction of sp³-hybridized carbons (Fsp3) is 0.857. The second-order valence-electron chi connectivity index (χ2n) is 6.43. The molecule has 0 aromatic carbocycles. The molecular weight excluding hydrogens is 260 g/mol. The third-order valence-electron chi connectivity index (χ3n) is 4.28. The van der Waals surface area contributed by atoms with E-state index in [9.17, 15) is 14.7 Å². The Morgan fingerprint density at radius 3 is 2.60 bits per heavy atom. The van der Waals surface area contributed by atoms with Crippen molar-refractivity contribution in [2.45, 2.75) is 45.7 Å². The first-order valence-electron chi connectivity index (χ1n) is 7.23. The van der Waals surface area contributed by atoms with Crippen LogP contribution in [-0.2, 0) is 9.53 Å². The Balaban J connectivity index is 1.99. The predicted octanol–water partition coefficient (Wildman–Crippen LogP) is 1.31. The number of carboxylic acids is 1. The van der Waals surface area contributed by atoms with E-state index in [-0.39, 0.29) is 25.3 Å². The summed E-state index contributed by atoms with van der Waals surface area (Å²) in [5, 5.41) is 12.2. The molecule has 20 heavy (non-hydrogen) atoms. The Bertz CT molecular complexity index is 395. The highest BCUT2D eigenvalue weighted by molar-refractivity contribution is 5.79. The molecule has 1 saturated heterocycles. The second kappa shape index (κ2) is 5.60. The summed E-state index contributed by atoms with van der Waals surface area (Å²) in [6.45, 7) is 6.71. The van der Waals surface area contributed by atoms with Crippen LogP contribution in [0.2, 0.25) is 0 Å². The first-order valence-corrected chi connectivity index (χ1v) is 7.23. The Morgan fingerprint density at radius 1 is 1.45 bits per heavy atom. The van der Waals surface area contributed by atoms with Crippen molar-refractivity contribution in [2.24, 2.45) is 11.3 Å². The highest BCUT2D eigenvalue weighted by Gasteiger charge is 2.48. The number of amides is 2. The minimum absolute atomic E-state index is 0.106. The van der Waals surface area contributed by atoms with E-state index in [1.165, 1.54) is 12.8 Å². The number of ether oxygens (including phenoxy) is 1. The number of carboxylic acid groups (broad SMARTS) is 1. The van der Waals surface area contributed by atoms with Gasteiger partial charge >= 0.3 is 12.0 Å². The summed E-state index contributed by atoms with van der Waals surface area (Å²) in [6.07, 6.45) is 2.35. The van der Waals surface area contributed by atoms with Crippen molar-refractivity contribution in [1.29, 1.82) is 0 Å². The molecule has 0 bridgehead atoms. The van der Waals surface area contributed by atoms with Crippen molar-refractivity contribution >= 4 is 12.0 Å². The van der Waals surface area contributed by atoms with Gasteiger partial charge in [-0.1, -0.05) is 0 Å². The van der Waals surface area contributed by atoms with Crippen LogP contribution in [0.4, 0.5) is 4.79 Å². The maximum Gasteiger partial charge on any atom is 0.317 e. The molecule has 6 nitrogen and oxygen atoms in total. The summed E-state index contributed by atoms with van der Waals surface area (Å²) in [5.41, 5.74) is -1.04. The zero-order valence-electron chi connectivity index (χ0n) is 12.4. The molecule has 2 atom stereocenters. The summed E-state index contributed by atoms with van der Waals surface area (Å²) < 4.78 is 5.25. The summed E-state index contributed by atoms with van der Waals surface area (Å²) in [5.74, 6) is -0.326. The minimum atomic E-state index is -1.04.